The summed E-state index contributed by atoms with van der Waals surface area (Å²) in [5, 5.41) is 10.8. The van der Waals surface area contributed by atoms with Gasteiger partial charge in [0.15, 0.2) is 5.82 Å². The maximum absolute atomic E-state index is 12.9. The van der Waals surface area contributed by atoms with Crippen molar-refractivity contribution in [2.24, 2.45) is 0 Å². The van der Waals surface area contributed by atoms with Crippen molar-refractivity contribution in [1.29, 1.82) is 0 Å². The molecule has 4 aromatic rings. The summed E-state index contributed by atoms with van der Waals surface area (Å²) in [6, 6.07) is 15.8. The molecule has 0 unspecified atom stereocenters. The van der Waals surface area contributed by atoms with Crippen molar-refractivity contribution in [2.45, 2.75) is 17.5 Å². The highest BCUT2D eigenvalue weighted by atomic mass is 32.2. The van der Waals surface area contributed by atoms with Gasteiger partial charge in [0.1, 0.15) is 23.2 Å². The van der Waals surface area contributed by atoms with E-state index in [2.05, 4.69) is 20.2 Å². The van der Waals surface area contributed by atoms with E-state index in [1.165, 1.54) is 35.2 Å². The zero-order chi connectivity index (χ0) is 18.5. The molecule has 2 heterocycles. The van der Waals surface area contributed by atoms with Crippen LogP contribution >= 0.6 is 23.1 Å². The van der Waals surface area contributed by atoms with Crippen LogP contribution in [0.4, 0.5) is 4.39 Å². The van der Waals surface area contributed by atoms with E-state index in [4.69, 9.17) is 4.74 Å². The van der Waals surface area contributed by atoms with Crippen LogP contribution in [0.15, 0.2) is 65.1 Å². The van der Waals surface area contributed by atoms with E-state index in [0.29, 0.717) is 23.3 Å². The zero-order valence-electron chi connectivity index (χ0n) is 14.1. The molecule has 1 N–H and O–H groups in total. The van der Waals surface area contributed by atoms with Gasteiger partial charge in [-0.2, -0.15) is 0 Å². The van der Waals surface area contributed by atoms with Crippen molar-refractivity contribution in [3.8, 4) is 17.1 Å². The number of ether oxygens (including phenoxy) is 1. The summed E-state index contributed by atoms with van der Waals surface area (Å²) in [5.41, 5.74) is 1.96. The molecule has 0 aliphatic heterocycles. The minimum Gasteiger partial charge on any atom is -0.486 e. The van der Waals surface area contributed by atoms with Gasteiger partial charge in [-0.25, -0.2) is 14.4 Å². The normalized spacial score (nSPS) is 10.9. The van der Waals surface area contributed by atoms with Gasteiger partial charge in [-0.15, -0.1) is 16.4 Å². The van der Waals surface area contributed by atoms with Crippen molar-refractivity contribution in [1.82, 2.24) is 20.2 Å². The van der Waals surface area contributed by atoms with Gasteiger partial charge in [0, 0.05) is 16.7 Å². The smallest absolute Gasteiger partial charge is 0.209 e. The lowest BCUT2D eigenvalue weighted by Gasteiger charge is -2.03. The molecule has 2 aromatic heterocycles. The minimum absolute atomic E-state index is 0.279. The summed E-state index contributed by atoms with van der Waals surface area (Å²) >= 11 is 3.06. The van der Waals surface area contributed by atoms with Crippen molar-refractivity contribution in [2.75, 3.05) is 0 Å². The molecule has 0 amide bonds. The predicted octanol–water partition coefficient (Wildman–Crippen LogP) is 4.94. The van der Waals surface area contributed by atoms with Crippen molar-refractivity contribution < 1.29 is 9.13 Å². The quantitative estimate of drug-likeness (QED) is 0.447. The van der Waals surface area contributed by atoms with Crippen molar-refractivity contribution in [3.05, 3.63) is 76.5 Å². The Balaban J connectivity index is 1.31. The number of thiazole rings is 1. The number of aromatic nitrogens is 4. The van der Waals surface area contributed by atoms with E-state index in [9.17, 15) is 4.39 Å². The van der Waals surface area contributed by atoms with E-state index in [0.717, 1.165) is 22.1 Å². The SMILES string of the molecule is Fc1ccc(OCc2nc(CSc3n[nH]c(-c4ccccc4)n3)cs2)cc1. The summed E-state index contributed by atoms with van der Waals surface area (Å²) in [5.74, 6) is 1.78. The Morgan fingerprint density at radius 3 is 2.67 bits per heavy atom. The second-order valence-corrected chi connectivity index (χ2v) is 7.48. The molecule has 0 radical (unpaired) electrons. The first-order valence-electron chi connectivity index (χ1n) is 8.18. The van der Waals surface area contributed by atoms with E-state index >= 15 is 0 Å². The Morgan fingerprint density at radius 1 is 1.04 bits per heavy atom. The molecule has 2 aromatic carbocycles. The van der Waals surface area contributed by atoms with Crippen LogP contribution in [0, 0.1) is 5.82 Å². The van der Waals surface area contributed by atoms with E-state index in [1.54, 1.807) is 12.1 Å². The molecule has 0 spiro atoms. The van der Waals surface area contributed by atoms with Crippen LogP contribution < -0.4 is 4.74 Å². The molecular formula is C19H15FN4OS2. The fourth-order valence-electron chi connectivity index (χ4n) is 2.33. The summed E-state index contributed by atoms with van der Waals surface area (Å²) in [6.07, 6.45) is 0. The highest BCUT2D eigenvalue weighted by Gasteiger charge is 2.08. The van der Waals surface area contributed by atoms with Gasteiger partial charge in [-0.1, -0.05) is 42.1 Å². The number of aromatic amines is 1. The molecule has 0 saturated heterocycles. The monoisotopic (exact) mass is 398 g/mol. The number of halogens is 1. The van der Waals surface area contributed by atoms with Crippen LogP contribution in [0.2, 0.25) is 0 Å². The van der Waals surface area contributed by atoms with Crippen LogP contribution in [-0.4, -0.2) is 20.2 Å². The summed E-state index contributed by atoms with van der Waals surface area (Å²) in [6.45, 7) is 0.361. The Morgan fingerprint density at radius 2 is 1.85 bits per heavy atom. The van der Waals surface area contributed by atoms with Gasteiger partial charge in [-0.3, -0.25) is 5.10 Å². The lowest BCUT2D eigenvalue weighted by atomic mass is 10.2. The molecule has 4 rings (SSSR count). The minimum atomic E-state index is -0.279. The van der Waals surface area contributed by atoms with E-state index in [1.807, 2.05) is 35.7 Å². The first-order chi connectivity index (χ1) is 13.3. The van der Waals surface area contributed by atoms with Crippen LogP contribution in [0.5, 0.6) is 5.75 Å². The van der Waals surface area contributed by atoms with E-state index in [-0.39, 0.29) is 5.82 Å². The molecular weight excluding hydrogens is 383 g/mol. The molecule has 136 valence electrons. The molecule has 27 heavy (non-hydrogen) atoms. The number of nitrogens with one attached hydrogen (secondary N) is 1. The van der Waals surface area contributed by atoms with Gasteiger partial charge in [0.2, 0.25) is 5.16 Å². The second-order valence-electron chi connectivity index (χ2n) is 5.60. The van der Waals surface area contributed by atoms with Gasteiger partial charge in [0.25, 0.3) is 0 Å². The Hall–Kier alpha value is -2.71. The second kappa shape index (κ2) is 8.32. The Kier molecular flexibility index (Phi) is 5.45. The standard InChI is InChI=1S/C19H15FN4OS2/c20-14-6-8-16(9-7-14)25-10-17-21-15(11-26-17)12-27-19-22-18(23-24-19)13-4-2-1-3-5-13/h1-9,11H,10,12H2,(H,22,23,24). The molecule has 0 aliphatic rings. The highest BCUT2D eigenvalue weighted by molar-refractivity contribution is 7.98. The lowest BCUT2D eigenvalue weighted by molar-refractivity contribution is 0.305. The summed E-state index contributed by atoms with van der Waals surface area (Å²) < 4.78 is 18.5. The maximum atomic E-state index is 12.9. The summed E-state index contributed by atoms with van der Waals surface area (Å²) in [7, 11) is 0. The lowest BCUT2D eigenvalue weighted by Crippen LogP contribution is -1.95. The van der Waals surface area contributed by atoms with Gasteiger partial charge < -0.3 is 4.74 Å². The number of hydrogen-bond donors (Lipinski definition) is 1. The maximum Gasteiger partial charge on any atom is 0.209 e. The van der Waals surface area contributed by atoms with Crippen LogP contribution in [0.3, 0.4) is 0 Å². The van der Waals surface area contributed by atoms with Gasteiger partial charge >= 0.3 is 0 Å². The third-order valence-corrected chi connectivity index (χ3v) is 5.39. The fraction of sp³-hybridized carbons (Fsp3) is 0.105. The largest absolute Gasteiger partial charge is 0.486 e. The highest BCUT2D eigenvalue weighted by Crippen LogP contribution is 2.23. The summed E-state index contributed by atoms with van der Waals surface area (Å²) in [4.78, 5) is 9.06. The number of H-pyrrole nitrogens is 1. The molecule has 0 bridgehead atoms. The Labute approximate surface area is 163 Å². The topological polar surface area (TPSA) is 63.7 Å². The number of hydrogen-bond acceptors (Lipinski definition) is 6. The molecule has 5 nitrogen and oxygen atoms in total. The molecule has 0 atom stereocenters. The van der Waals surface area contributed by atoms with Crippen LogP contribution in [0.1, 0.15) is 10.7 Å². The average molecular weight is 398 g/mol. The Bertz CT molecular complexity index is 1000. The zero-order valence-corrected chi connectivity index (χ0v) is 15.8. The first-order valence-corrected chi connectivity index (χ1v) is 10.0. The van der Waals surface area contributed by atoms with Gasteiger partial charge in [0.05, 0.1) is 5.69 Å². The number of benzene rings is 2. The molecule has 8 heteroatoms. The van der Waals surface area contributed by atoms with E-state index < -0.39 is 0 Å². The fourth-order valence-corrected chi connectivity index (χ4v) is 3.83. The third-order valence-electron chi connectivity index (χ3n) is 3.64. The number of nitrogens with zero attached hydrogens (tertiary/aromatic N) is 3. The van der Waals surface area contributed by atoms with Crippen LogP contribution in [0.25, 0.3) is 11.4 Å². The number of rotatable bonds is 7. The van der Waals surface area contributed by atoms with Crippen molar-refractivity contribution in [3.63, 3.8) is 0 Å². The molecule has 0 saturated carbocycles. The van der Waals surface area contributed by atoms with Crippen molar-refractivity contribution >= 4 is 23.1 Å². The predicted molar refractivity (Wildman–Crippen MR) is 104 cm³/mol. The number of thioether (sulfide) groups is 1. The average Bonchev–Trinajstić information content (AvgIpc) is 3.36. The first kappa shape index (κ1) is 17.7. The molecule has 0 aliphatic carbocycles. The van der Waals surface area contributed by atoms with Crippen LogP contribution in [-0.2, 0) is 12.4 Å². The molecule has 0 fully saturated rings. The third kappa shape index (κ3) is 4.72. The van der Waals surface area contributed by atoms with Gasteiger partial charge in [-0.05, 0) is 24.3 Å².